The number of halogens is 2. The molecule has 37 heavy (non-hydrogen) atoms. The van der Waals surface area contributed by atoms with E-state index in [0.29, 0.717) is 16.6 Å². The number of pyridine rings is 1. The van der Waals surface area contributed by atoms with E-state index < -0.39 is 23.5 Å². The van der Waals surface area contributed by atoms with E-state index in [9.17, 15) is 14.7 Å². The van der Waals surface area contributed by atoms with Crippen LogP contribution in [0, 0.1) is 6.92 Å². The molecule has 0 bridgehead atoms. The average molecular weight is 539 g/mol. The smallest absolute Gasteiger partial charge is 0.302 e. The maximum atomic E-state index is 13.4. The van der Waals surface area contributed by atoms with Crippen molar-refractivity contribution in [3.8, 4) is 11.5 Å². The third-order valence-corrected chi connectivity index (χ3v) is 6.72. The number of H-pyrrole nitrogens is 1. The highest BCUT2D eigenvalue weighted by Crippen LogP contribution is 2.47. The van der Waals surface area contributed by atoms with Gasteiger partial charge in [0.05, 0.1) is 47.5 Å². The third kappa shape index (κ3) is 3.96. The molecule has 1 amide bonds. The molecule has 1 aliphatic rings. The van der Waals surface area contributed by atoms with Gasteiger partial charge in [-0.15, -0.1) is 0 Å². The van der Waals surface area contributed by atoms with Gasteiger partial charge in [-0.05, 0) is 42.3 Å². The van der Waals surface area contributed by atoms with Gasteiger partial charge in [-0.2, -0.15) is 0 Å². The van der Waals surface area contributed by atoms with Crippen LogP contribution in [0.15, 0.2) is 54.4 Å². The molecule has 0 aliphatic carbocycles. The number of nitrogens with zero attached hydrogens (tertiary/aromatic N) is 3. The number of rotatable bonds is 5. The summed E-state index contributed by atoms with van der Waals surface area (Å²) in [5.41, 5.74) is 2.59. The molecule has 1 aliphatic heterocycles. The number of ether oxygens (including phenoxy) is 2. The van der Waals surface area contributed by atoms with E-state index in [0.717, 1.165) is 5.56 Å². The number of aromatic amines is 1. The number of imidazole rings is 1. The molecule has 0 radical (unpaired) electrons. The zero-order valence-electron chi connectivity index (χ0n) is 19.9. The Hall–Kier alpha value is -4.08. The van der Waals surface area contributed by atoms with Crippen molar-refractivity contribution in [1.82, 2.24) is 15.0 Å². The summed E-state index contributed by atoms with van der Waals surface area (Å²) in [6.07, 6.45) is 3.07. The minimum Gasteiger partial charge on any atom is -0.507 e. The topological polar surface area (TPSA) is 118 Å². The standard InChI is InChI=1S/C26H20Cl2N4O5/c1-12-6-7-16-17(9-12)31-26(30-16)32-20(13-5-4-8-29-11-13)18(22(34)25(32)35)21(33)14-10-15(27)24(37-3)19(28)23(14)36-2/h4-11,20,33H,1-3H3,(H,30,31)/b21-18+. The number of carbonyl (C=O) groups is 2. The summed E-state index contributed by atoms with van der Waals surface area (Å²) in [4.78, 5) is 39.9. The normalized spacial score (nSPS) is 17.0. The van der Waals surface area contributed by atoms with E-state index in [1.807, 2.05) is 25.1 Å². The highest BCUT2D eigenvalue weighted by atomic mass is 35.5. The second-order valence-corrected chi connectivity index (χ2v) is 9.11. The third-order valence-electron chi connectivity index (χ3n) is 6.09. The van der Waals surface area contributed by atoms with Crippen LogP contribution in [0.25, 0.3) is 16.8 Å². The number of hydrogen-bond donors (Lipinski definition) is 2. The van der Waals surface area contributed by atoms with Gasteiger partial charge < -0.3 is 19.6 Å². The summed E-state index contributed by atoms with van der Waals surface area (Å²) in [6.45, 7) is 1.93. The van der Waals surface area contributed by atoms with Crippen LogP contribution in [-0.4, -0.2) is 46.0 Å². The van der Waals surface area contributed by atoms with E-state index in [-0.39, 0.29) is 38.6 Å². The lowest BCUT2D eigenvalue weighted by Crippen LogP contribution is -2.30. The number of nitrogens with one attached hydrogen (secondary N) is 1. The zero-order valence-corrected chi connectivity index (χ0v) is 21.4. The summed E-state index contributed by atoms with van der Waals surface area (Å²) in [5, 5.41) is 11.6. The van der Waals surface area contributed by atoms with Gasteiger partial charge in [-0.3, -0.25) is 19.5 Å². The lowest BCUT2D eigenvalue weighted by atomic mass is 9.96. The van der Waals surface area contributed by atoms with Crippen molar-refractivity contribution in [3.63, 3.8) is 0 Å². The van der Waals surface area contributed by atoms with Gasteiger partial charge in [0, 0.05) is 12.4 Å². The summed E-state index contributed by atoms with van der Waals surface area (Å²) in [5.74, 6) is -2.02. The van der Waals surface area contributed by atoms with Crippen LogP contribution in [0.1, 0.15) is 22.7 Å². The molecule has 3 heterocycles. The second-order valence-electron chi connectivity index (χ2n) is 8.32. The Morgan fingerprint density at radius 1 is 1.11 bits per heavy atom. The number of benzene rings is 2. The fourth-order valence-corrected chi connectivity index (χ4v) is 5.11. The Balaban J connectivity index is 1.77. The number of Topliss-reactive ketones (excluding diaryl/α,β-unsaturated/α-hetero) is 1. The summed E-state index contributed by atoms with van der Waals surface area (Å²) >= 11 is 12.7. The minimum atomic E-state index is -1.06. The number of carbonyl (C=O) groups excluding carboxylic acids is 2. The van der Waals surface area contributed by atoms with Crippen molar-refractivity contribution >= 4 is 57.6 Å². The Morgan fingerprint density at radius 2 is 1.86 bits per heavy atom. The summed E-state index contributed by atoms with van der Waals surface area (Å²) < 4.78 is 10.6. The predicted octanol–water partition coefficient (Wildman–Crippen LogP) is 5.22. The van der Waals surface area contributed by atoms with Crippen molar-refractivity contribution in [2.24, 2.45) is 0 Å². The van der Waals surface area contributed by atoms with Crippen LogP contribution in [0.5, 0.6) is 11.5 Å². The largest absolute Gasteiger partial charge is 0.507 e. The van der Waals surface area contributed by atoms with Crippen LogP contribution in [0.4, 0.5) is 5.95 Å². The van der Waals surface area contributed by atoms with Gasteiger partial charge in [-0.1, -0.05) is 35.3 Å². The van der Waals surface area contributed by atoms with Crippen LogP contribution >= 0.6 is 23.2 Å². The number of methoxy groups -OCH3 is 2. The first-order valence-corrected chi connectivity index (χ1v) is 11.8. The minimum absolute atomic E-state index is 0.00106. The van der Waals surface area contributed by atoms with Crippen molar-refractivity contribution in [2.75, 3.05) is 19.1 Å². The van der Waals surface area contributed by atoms with Crippen molar-refractivity contribution in [1.29, 1.82) is 0 Å². The molecular formula is C26H20Cl2N4O5. The predicted molar refractivity (Wildman–Crippen MR) is 139 cm³/mol. The number of aromatic nitrogens is 3. The molecule has 1 unspecified atom stereocenters. The van der Waals surface area contributed by atoms with Crippen LogP contribution < -0.4 is 14.4 Å². The molecule has 0 saturated carbocycles. The van der Waals surface area contributed by atoms with Crippen molar-refractivity contribution < 1.29 is 24.2 Å². The number of hydrogen-bond acceptors (Lipinski definition) is 7. The number of anilines is 1. The van der Waals surface area contributed by atoms with E-state index in [4.69, 9.17) is 32.7 Å². The molecular weight excluding hydrogens is 519 g/mol. The van der Waals surface area contributed by atoms with Gasteiger partial charge in [0.2, 0.25) is 5.95 Å². The first-order chi connectivity index (χ1) is 17.8. The number of aryl methyl sites for hydroxylation is 1. The first kappa shape index (κ1) is 24.6. The van der Waals surface area contributed by atoms with Gasteiger partial charge in [0.15, 0.2) is 11.5 Å². The maximum absolute atomic E-state index is 13.4. The van der Waals surface area contributed by atoms with Crippen LogP contribution in [-0.2, 0) is 9.59 Å². The Bertz CT molecular complexity index is 1600. The highest BCUT2D eigenvalue weighted by Gasteiger charge is 2.48. The number of ketones is 1. The molecule has 2 aromatic heterocycles. The molecule has 11 heteroatoms. The maximum Gasteiger partial charge on any atom is 0.302 e. The molecule has 4 aromatic rings. The highest BCUT2D eigenvalue weighted by molar-refractivity contribution is 6.51. The van der Waals surface area contributed by atoms with E-state index in [1.165, 1.54) is 31.4 Å². The van der Waals surface area contributed by atoms with Crippen molar-refractivity contribution in [3.05, 3.63) is 81.1 Å². The van der Waals surface area contributed by atoms with Gasteiger partial charge in [-0.25, -0.2) is 4.98 Å². The Labute approximate surface area is 221 Å². The van der Waals surface area contributed by atoms with E-state index >= 15 is 0 Å². The Morgan fingerprint density at radius 3 is 2.54 bits per heavy atom. The fourth-order valence-electron chi connectivity index (χ4n) is 4.42. The van der Waals surface area contributed by atoms with Crippen LogP contribution in [0.3, 0.4) is 0 Å². The van der Waals surface area contributed by atoms with Crippen molar-refractivity contribution in [2.45, 2.75) is 13.0 Å². The quantitative estimate of drug-likeness (QED) is 0.203. The average Bonchev–Trinajstić information content (AvgIpc) is 3.41. The lowest BCUT2D eigenvalue weighted by Gasteiger charge is -2.23. The molecule has 5 rings (SSSR count). The molecule has 0 spiro atoms. The SMILES string of the molecule is COc1c(Cl)cc(/C(O)=C2\C(=O)C(=O)N(c3nc4ccc(C)cc4[nH]3)C2c2cccnc2)c(OC)c1Cl. The zero-order chi connectivity index (χ0) is 26.4. The van der Waals surface area contributed by atoms with Crippen LogP contribution in [0.2, 0.25) is 10.0 Å². The van der Waals surface area contributed by atoms with Gasteiger partial charge in [0.25, 0.3) is 5.78 Å². The Kier molecular flexibility index (Phi) is 6.26. The number of amides is 1. The second kappa shape index (κ2) is 9.42. The van der Waals surface area contributed by atoms with Gasteiger partial charge in [0.1, 0.15) is 10.8 Å². The van der Waals surface area contributed by atoms with E-state index in [2.05, 4.69) is 15.0 Å². The van der Waals surface area contributed by atoms with Gasteiger partial charge >= 0.3 is 5.91 Å². The number of fused-ring (bicyclic) bond motifs is 1. The lowest BCUT2D eigenvalue weighted by molar-refractivity contribution is -0.132. The van der Waals surface area contributed by atoms with E-state index in [1.54, 1.807) is 18.3 Å². The number of aliphatic hydroxyl groups is 1. The molecule has 2 N–H and O–H groups in total. The summed E-state index contributed by atoms with van der Waals surface area (Å²) in [7, 11) is 2.73. The number of aliphatic hydroxyl groups excluding tert-OH is 1. The molecule has 9 nitrogen and oxygen atoms in total. The molecule has 1 fully saturated rings. The fraction of sp³-hybridized carbons (Fsp3) is 0.154. The molecule has 1 saturated heterocycles. The molecule has 1 atom stereocenters. The molecule has 2 aromatic carbocycles. The summed E-state index contributed by atoms with van der Waals surface area (Å²) in [6, 6.07) is 9.25. The first-order valence-electron chi connectivity index (χ1n) is 11.0. The molecule has 188 valence electrons. The monoisotopic (exact) mass is 538 g/mol.